The van der Waals surface area contributed by atoms with Crippen LogP contribution in [0.4, 0.5) is 0 Å². The van der Waals surface area contributed by atoms with E-state index in [9.17, 15) is 39.3 Å². The molecule has 0 saturated carbocycles. The number of Topliss-reactive ketones (excluding diaryl/α,β-unsaturated/α-hetero) is 1. The molecule has 0 bridgehead atoms. The molecular weight excluding hydrogens is 582 g/mol. The molecule has 4 N–H and O–H groups in total. The van der Waals surface area contributed by atoms with Crippen molar-refractivity contribution in [2.75, 3.05) is 78.5 Å². The van der Waals surface area contributed by atoms with Gasteiger partial charge in [-0.15, -0.1) is 6.42 Å². The number of carbonyl (C=O) groups is 5. The quantitative estimate of drug-likeness (QED) is 0.146. The van der Waals surface area contributed by atoms with Crippen LogP contribution < -0.4 is 5.32 Å². The van der Waals surface area contributed by atoms with Gasteiger partial charge in [-0.25, -0.2) is 0 Å². The number of rotatable bonds is 16. The van der Waals surface area contributed by atoms with Crippen LogP contribution in [0.3, 0.4) is 0 Å². The molecule has 1 heterocycles. The van der Waals surface area contributed by atoms with Crippen LogP contribution in [-0.2, 0) is 30.4 Å². The number of nitrogens with zero attached hydrogens (tertiary/aromatic N) is 4. The largest absolute Gasteiger partial charge is 0.480 e. The van der Waals surface area contributed by atoms with Crippen molar-refractivity contribution >= 4 is 29.6 Å². The standard InChI is InChI=1S/C32H47N5O8/c1-3-26-9-7-10-27(20-26)8-5-4-6-11-28(38)21-33-32(45)25(2)37-18-16-35(23-30(41)42)14-12-34(22-29(39)40)13-15-36(17-19-37)24-31(43)44/h1,7,9-10,20,25H,4-6,8,11-19,21-24H2,2H3,(H,33,45)(H,39,40)(H,41,42)(H,43,44). The first-order valence-corrected chi connectivity index (χ1v) is 15.4. The van der Waals surface area contributed by atoms with Crippen LogP contribution in [0.1, 0.15) is 43.7 Å². The van der Waals surface area contributed by atoms with Crippen molar-refractivity contribution in [3.63, 3.8) is 0 Å². The Hall–Kier alpha value is -3.83. The van der Waals surface area contributed by atoms with E-state index in [2.05, 4.69) is 11.2 Å². The molecule has 248 valence electrons. The third-order valence-electron chi connectivity index (χ3n) is 7.85. The summed E-state index contributed by atoms with van der Waals surface area (Å²) < 4.78 is 0. The average Bonchev–Trinajstić information content (AvgIpc) is 2.98. The third kappa shape index (κ3) is 15.6. The summed E-state index contributed by atoms with van der Waals surface area (Å²) in [6.45, 7) is 3.29. The molecule has 1 aromatic rings. The molecule has 45 heavy (non-hydrogen) atoms. The molecule has 0 aliphatic carbocycles. The molecule has 1 aromatic carbocycles. The molecule has 0 aromatic heterocycles. The lowest BCUT2D eigenvalue weighted by Crippen LogP contribution is -2.53. The van der Waals surface area contributed by atoms with Crippen LogP contribution in [-0.4, -0.2) is 149 Å². The summed E-state index contributed by atoms with van der Waals surface area (Å²) in [5, 5.41) is 30.8. The number of aliphatic carboxylic acids is 3. The maximum absolute atomic E-state index is 13.1. The lowest BCUT2D eigenvalue weighted by atomic mass is 10.0. The Bertz CT molecular complexity index is 1150. The van der Waals surface area contributed by atoms with E-state index < -0.39 is 23.9 Å². The van der Waals surface area contributed by atoms with Gasteiger partial charge in [0.15, 0.2) is 5.78 Å². The molecule has 1 unspecified atom stereocenters. The van der Waals surface area contributed by atoms with Gasteiger partial charge in [-0.1, -0.05) is 24.5 Å². The highest BCUT2D eigenvalue weighted by molar-refractivity contribution is 5.88. The number of benzene rings is 1. The first kappa shape index (κ1) is 37.4. The Balaban J connectivity index is 1.92. The van der Waals surface area contributed by atoms with Crippen molar-refractivity contribution in [1.29, 1.82) is 0 Å². The number of carbonyl (C=O) groups excluding carboxylic acids is 2. The minimum Gasteiger partial charge on any atom is -0.480 e. The highest BCUT2D eigenvalue weighted by atomic mass is 16.4. The number of unbranched alkanes of at least 4 members (excludes halogenated alkanes) is 2. The van der Waals surface area contributed by atoms with E-state index in [-0.39, 0.29) is 51.0 Å². The summed E-state index contributed by atoms with van der Waals surface area (Å²) in [4.78, 5) is 66.8. The van der Waals surface area contributed by atoms with E-state index in [0.29, 0.717) is 52.1 Å². The Morgan fingerprint density at radius 3 is 1.80 bits per heavy atom. The van der Waals surface area contributed by atoms with Crippen LogP contribution in [0, 0.1) is 12.3 Å². The summed E-state index contributed by atoms with van der Waals surface area (Å²) >= 11 is 0. The van der Waals surface area contributed by atoms with E-state index in [1.807, 2.05) is 29.2 Å². The number of nitrogens with one attached hydrogen (secondary N) is 1. The fourth-order valence-electron chi connectivity index (χ4n) is 5.22. The fraction of sp³-hybridized carbons (Fsp3) is 0.594. The lowest BCUT2D eigenvalue weighted by Gasteiger charge is -2.35. The Kier molecular flexibility index (Phi) is 16.8. The number of hydrogen-bond acceptors (Lipinski definition) is 9. The minimum atomic E-state index is -1.02. The molecule has 13 nitrogen and oxygen atoms in total. The molecule has 1 aliphatic rings. The predicted octanol–water partition coefficient (Wildman–Crippen LogP) is 0.320. The number of terminal acetylenes is 1. The van der Waals surface area contributed by atoms with Gasteiger partial charge in [0.05, 0.1) is 32.2 Å². The summed E-state index contributed by atoms with van der Waals surface area (Å²) in [6, 6.07) is 7.19. The molecule has 1 amide bonds. The van der Waals surface area contributed by atoms with E-state index in [1.54, 1.807) is 21.6 Å². The summed E-state index contributed by atoms with van der Waals surface area (Å²) in [6.07, 6.45) is 9.20. The van der Waals surface area contributed by atoms with E-state index in [4.69, 9.17) is 6.42 Å². The van der Waals surface area contributed by atoms with Crippen LogP contribution in [0.2, 0.25) is 0 Å². The van der Waals surface area contributed by atoms with E-state index in [0.717, 1.165) is 30.4 Å². The van der Waals surface area contributed by atoms with Gasteiger partial charge in [0.1, 0.15) is 0 Å². The maximum atomic E-state index is 13.1. The predicted molar refractivity (Wildman–Crippen MR) is 168 cm³/mol. The Labute approximate surface area is 265 Å². The first-order chi connectivity index (χ1) is 21.5. The van der Waals surface area contributed by atoms with Gasteiger partial charge in [-0.2, -0.15) is 0 Å². The zero-order chi connectivity index (χ0) is 33.2. The number of carboxylic acids is 3. The van der Waals surface area contributed by atoms with Gasteiger partial charge < -0.3 is 20.6 Å². The molecule has 1 aliphatic heterocycles. The van der Waals surface area contributed by atoms with Gasteiger partial charge in [0.2, 0.25) is 5.91 Å². The Morgan fingerprint density at radius 1 is 0.800 bits per heavy atom. The zero-order valence-electron chi connectivity index (χ0n) is 26.2. The van der Waals surface area contributed by atoms with Crippen molar-refractivity contribution in [2.24, 2.45) is 0 Å². The van der Waals surface area contributed by atoms with Crippen LogP contribution in [0.15, 0.2) is 24.3 Å². The second-order valence-electron chi connectivity index (χ2n) is 11.4. The molecule has 0 spiro atoms. The number of ketones is 1. The number of aryl methyl sites for hydroxylation is 1. The zero-order valence-corrected chi connectivity index (χ0v) is 26.2. The second-order valence-corrected chi connectivity index (χ2v) is 11.4. The monoisotopic (exact) mass is 629 g/mol. The fourth-order valence-corrected chi connectivity index (χ4v) is 5.22. The van der Waals surface area contributed by atoms with Crippen molar-refractivity contribution < 1.29 is 39.3 Å². The van der Waals surface area contributed by atoms with Gasteiger partial charge in [0.25, 0.3) is 0 Å². The first-order valence-electron chi connectivity index (χ1n) is 15.4. The van der Waals surface area contributed by atoms with Crippen molar-refractivity contribution in [3.05, 3.63) is 35.4 Å². The molecule has 1 fully saturated rings. The molecule has 13 heteroatoms. The van der Waals surface area contributed by atoms with Crippen LogP contribution >= 0.6 is 0 Å². The summed E-state index contributed by atoms with van der Waals surface area (Å²) in [5.74, 6) is -0.842. The van der Waals surface area contributed by atoms with Gasteiger partial charge >= 0.3 is 17.9 Å². The molecule has 2 rings (SSSR count). The smallest absolute Gasteiger partial charge is 0.317 e. The van der Waals surface area contributed by atoms with E-state index in [1.165, 1.54) is 0 Å². The number of carboxylic acid groups (broad SMARTS) is 3. The van der Waals surface area contributed by atoms with Crippen molar-refractivity contribution in [3.8, 4) is 12.3 Å². The second kappa shape index (κ2) is 20.2. The number of amides is 1. The van der Waals surface area contributed by atoms with Crippen LogP contribution in [0.25, 0.3) is 0 Å². The van der Waals surface area contributed by atoms with Crippen molar-refractivity contribution in [2.45, 2.75) is 45.1 Å². The average molecular weight is 630 g/mol. The SMILES string of the molecule is C#Cc1cccc(CCCCCC(=O)CNC(=O)C(C)N2CCN(CC(=O)O)CCN(CC(=O)O)CCN(CC(=O)O)CC2)c1. The maximum Gasteiger partial charge on any atom is 0.317 e. The normalized spacial score (nSPS) is 16.9. The summed E-state index contributed by atoms with van der Waals surface area (Å²) in [5.41, 5.74) is 2.01. The summed E-state index contributed by atoms with van der Waals surface area (Å²) in [7, 11) is 0. The molecule has 0 radical (unpaired) electrons. The minimum absolute atomic E-state index is 0.0650. The van der Waals surface area contributed by atoms with Gasteiger partial charge in [0, 0.05) is 64.3 Å². The van der Waals surface area contributed by atoms with Gasteiger partial charge in [-0.3, -0.25) is 43.6 Å². The molecular formula is C32H47N5O8. The van der Waals surface area contributed by atoms with Crippen molar-refractivity contribution in [1.82, 2.24) is 24.9 Å². The third-order valence-corrected chi connectivity index (χ3v) is 7.85. The molecule has 1 atom stereocenters. The topological polar surface area (TPSA) is 171 Å². The highest BCUT2D eigenvalue weighted by Gasteiger charge is 2.25. The van der Waals surface area contributed by atoms with Crippen LogP contribution in [0.5, 0.6) is 0 Å². The Morgan fingerprint density at radius 2 is 1.31 bits per heavy atom. The van der Waals surface area contributed by atoms with E-state index >= 15 is 0 Å². The number of hydrogen-bond donors (Lipinski definition) is 4. The lowest BCUT2D eigenvalue weighted by molar-refractivity contribution is -0.140. The highest BCUT2D eigenvalue weighted by Crippen LogP contribution is 2.10. The molecule has 1 saturated heterocycles. The van der Waals surface area contributed by atoms with Gasteiger partial charge in [-0.05, 0) is 43.9 Å².